The number of aliphatic carboxylic acids is 1. The van der Waals surface area contributed by atoms with E-state index in [-0.39, 0.29) is 5.92 Å². The lowest BCUT2D eigenvalue weighted by molar-refractivity contribution is -0.141. The van der Waals surface area contributed by atoms with E-state index in [0.717, 1.165) is 22.7 Å². The molecule has 0 aliphatic carbocycles. The Morgan fingerprint density at radius 3 is 2.88 bits per heavy atom. The minimum absolute atomic E-state index is 0.300. The largest absolute Gasteiger partial charge is 0.481 e. The molecule has 16 heavy (non-hydrogen) atoms. The minimum atomic E-state index is -0.719. The van der Waals surface area contributed by atoms with E-state index in [9.17, 15) is 4.79 Å². The summed E-state index contributed by atoms with van der Waals surface area (Å²) < 4.78 is 0. The molecular weight excluding hydrogens is 224 g/mol. The van der Waals surface area contributed by atoms with Crippen LogP contribution in [0, 0.1) is 12.8 Å². The van der Waals surface area contributed by atoms with Crippen LogP contribution in [0.5, 0.6) is 0 Å². The fourth-order valence-electron chi connectivity index (χ4n) is 1.59. The van der Waals surface area contributed by atoms with Crippen LogP contribution in [-0.2, 0) is 11.2 Å². The van der Waals surface area contributed by atoms with Crippen molar-refractivity contribution in [3.63, 3.8) is 0 Å². The molecule has 0 saturated heterocycles. The molecule has 1 unspecified atom stereocenters. The summed E-state index contributed by atoms with van der Waals surface area (Å²) in [6.07, 6.45) is 4.84. The van der Waals surface area contributed by atoms with Gasteiger partial charge in [0.25, 0.3) is 0 Å². The summed E-state index contributed by atoms with van der Waals surface area (Å²) in [5.74, 6) is -1.02. The minimum Gasteiger partial charge on any atom is -0.481 e. The molecule has 0 bridgehead atoms. The summed E-state index contributed by atoms with van der Waals surface area (Å²) in [4.78, 5) is 16.2. The van der Waals surface area contributed by atoms with Gasteiger partial charge in [0.15, 0.2) is 0 Å². The van der Waals surface area contributed by atoms with Crippen LogP contribution in [0.4, 0.5) is 0 Å². The summed E-state index contributed by atoms with van der Waals surface area (Å²) in [5, 5.41) is 10.1. The van der Waals surface area contributed by atoms with Crippen LogP contribution in [0.3, 0.4) is 0 Å². The Labute approximate surface area is 99.5 Å². The molecule has 0 spiro atoms. The van der Waals surface area contributed by atoms with Crippen LogP contribution in [0.15, 0.2) is 6.20 Å². The van der Waals surface area contributed by atoms with Crippen LogP contribution in [0.25, 0.3) is 0 Å². The quantitative estimate of drug-likeness (QED) is 0.715. The number of hydrogen-bond acceptors (Lipinski definition) is 4. The first-order valence-corrected chi connectivity index (χ1v) is 6.29. The van der Waals surface area contributed by atoms with E-state index in [1.54, 1.807) is 17.5 Å². The molecule has 0 aliphatic rings. The van der Waals surface area contributed by atoms with Gasteiger partial charge in [0, 0.05) is 11.1 Å². The molecule has 1 atom stereocenters. The summed E-state index contributed by atoms with van der Waals surface area (Å²) in [6.45, 7) is 2.56. The third kappa shape index (κ3) is 4.28. The molecule has 0 radical (unpaired) electrons. The summed E-state index contributed by atoms with van der Waals surface area (Å²) in [7, 11) is 0. The Kier molecular flexibility index (Phi) is 5.42. The lowest BCUT2D eigenvalue weighted by Gasteiger charge is -2.10. The van der Waals surface area contributed by atoms with E-state index in [1.165, 1.54) is 0 Å². The van der Waals surface area contributed by atoms with Crippen molar-refractivity contribution in [2.24, 2.45) is 11.7 Å². The first kappa shape index (κ1) is 13.1. The van der Waals surface area contributed by atoms with E-state index in [4.69, 9.17) is 10.8 Å². The lowest BCUT2D eigenvalue weighted by Crippen LogP contribution is -2.16. The molecule has 0 fully saturated rings. The van der Waals surface area contributed by atoms with Gasteiger partial charge in [-0.05, 0) is 32.7 Å². The molecule has 3 N–H and O–H groups in total. The number of carboxylic acids is 1. The van der Waals surface area contributed by atoms with Crippen LogP contribution in [0.2, 0.25) is 0 Å². The van der Waals surface area contributed by atoms with Crippen molar-refractivity contribution in [2.75, 3.05) is 6.54 Å². The number of thiazole rings is 1. The monoisotopic (exact) mass is 242 g/mol. The molecule has 5 heteroatoms. The van der Waals surface area contributed by atoms with Gasteiger partial charge in [-0.3, -0.25) is 4.79 Å². The standard InChI is InChI=1S/C11H18N2O2S/c1-8-13-7-10(16-8)6-9(11(14)15)4-2-3-5-12/h7,9H,2-6,12H2,1H3,(H,14,15). The molecule has 1 aromatic rings. The fraction of sp³-hybridized carbons (Fsp3) is 0.636. The first-order chi connectivity index (χ1) is 7.63. The van der Waals surface area contributed by atoms with Gasteiger partial charge in [0.05, 0.1) is 10.9 Å². The highest BCUT2D eigenvalue weighted by molar-refractivity contribution is 7.11. The molecule has 0 aromatic carbocycles. The van der Waals surface area contributed by atoms with Gasteiger partial charge < -0.3 is 10.8 Å². The molecule has 1 heterocycles. The summed E-state index contributed by atoms with van der Waals surface area (Å²) in [5.41, 5.74) is 5.39. The zero-order chi connectivity index (χ0) is 12.0. The van der Waals surface area contributed by atoms with Gasteiger partial charge in [-0.15, -0.1) is 11.3 Å². The summed E-state index contributed by atoms with van der Waals surface area (Å²) in [6, 6.07) is 0. The zero-order valence-corrected chi connectivity index (χ0v) is 10.3. The number of carbonyl (C=O) groups is 1. The SMILES string of the molecule is Cc1ncc(CC(CCCCN)C(=O)O)s1. The average Bonchev–Trinajstić information content (AvgIpc) is 2.63. The van der Waals surface area contributed by atoms with Gasteiger partial charge in [0.1, 0.15) is 0 Å². The number of carboxylic acid groups (broad SMARTS) is 1. The maximum Gasteiger partial charge on any atom is 0.306 e. The molecule has 0 amide bonds. The van der Waals surface area contributed by atoms with Gasteiger partial charge in [-0.25, -0.2) is 4.98 Å². The Morgan fingerprint density at radius 1 is 1.62 bits per heavy atom. The van der Waals surface area contributed by atoms with E-state index in [1.807, 2.05) is 6.92 Å². The van der Waals surface area contributed by atoms with Crippen molar-refractivity contribution in [1.29, 1.82) is 0 Å². The van der Waals surface area contributed by atoms with E-state index >= 15 is 0 Å². The normalized spacial score (nSPS) is 12.6. The molecule has 0 aliphatic heterocycles. The van der Waals surface area contributed by atoms with Crippen LogP contribution < -0.4 is 5.73 Å². The third-order valence-corrected chi connectivity index (χ3v) is 3.41. The van der Waals surface area contributed by atoms with E-state index in [2.05, 4.69) is 4.98 Å². The Hall–Kier alpha value is -0.940. The molecule has 4 nitrogen and oxygen atoms in total. The zero-order valence-electron chi connectivity index (χ0n) is 9.48. The number of aromatic nitrogens is 1. The summed E-state index contributed by atoms with van der Waals surface area (Å²) >= 11 is 1.57. The fourth-order valence-corrected chi connectivity index (χ4v) is 2.47. The van der Waals surface area contributed by atoms with Crippen LogP contribution in [0.1, 0.15) is 29.1 Å². The number of nitrogens with two attached hydrogens (primary N) is 1. The van der Waals surface area contributed by atoms with E-state index < -0.39 is 5.97 Å². The second kappa shape index (κ2) is 6.60. The van der Waals surface area contributed by atoms with Crippen molar-refractivity contribution in [2.45, 2.75) is 32.6 Å². The third-order valence-electron chi connectivity index (χ3n) is 2.47. The van der Waals surface area contributed by atoms with E-state index in [0.29, 0.717) is 19.4 Å². The highest BCUT2D eigenvalue weighted by atomic mass is 32.1. The number of rotatable bonds is 7. The van der Waals surface area contributed by atoms with Crippen molar-refractivity contribution >= 4 is 17.3 Å². The number of unbranched alkanes of at least 4 members (excludes halogenated alkanes) is 1. The van der Waals surface area contributed by atoms with Crippen molar-refractivity contribution < 1.29 is 9.90 Å². The van der Waals surface area contributed by atoms with Crippen LogP contribution >= 0.6 is 11.3 Å². The lowest BCUT2D eigenvalue weighted by atomic mass is 9.98. The predicted molar refractivity (Wildman–Crippen MR) is 64.6 cm³/mol. The highest BCUT2D eigenvalue weighted by Gasteiger charge is 2.18. The average molecular weight is 242 g/mol. The second-order valence-electron chi connectivity index (χ2n) is 3.87. The second-order valence-corrected chi connectivity index (χ2v) is 5.19. The van der Waals surface area contributed by atoms with Gasteiger partial charge in [0.2, 0.25) is 0 Å². The van der Waals surface area contributed by atoms with Gasteiger partial charge in [-0.2, -0.15) is 0 Å². The smallest absolute Gasteiger partial charge is 0.306 e. The van der Waals surface area contributed by atoms with Crippen molar-refractivity contribution in [3.8, 4) is 0 Å². The van der Waals surface area contributed by atoms with Crippen LogP contribution in [-0.4, -0.2) is 22.6 Å². The number of nitrogens with zero attached hydrogens (tertiary/aromatic N) is 1. The maximum absolute atomic E-state index is 11.1. The Morgan fingerprint density at radius 2 is 2.38 bits per heavy atom. The molecule has 0 saturated carbocycles. The Balaban J connectivity index is 2.47. The molecular formula is C11H18N2O2S. The first-order valence-electron chi connectivity index (χ1n) is 5.47. The van der Waals surface area contributed by atoms with Crippen molar-refractivity contribution in [3.05, 3.63) is 16.1 Å². The molecule has 1 rings (SSSR count). The number of hydrogen-bond donors (Lipinski definition) is 2. The topological polar surface area (TPSA) is 76.2 Å². The molecule has 90 valence electrons. The Bertz CT molecular complexity index is 338. The highest BCUT2D eigenvalue weighted by Crippen LogP contribution is 2.20. The number of aryl methyl sites for hydroxylation is 1. The van der Waals surface area contributed by atoms with Crippen molar-refractivity contribution in [1.82, 2.24) is 4.98 Å². The van der Waals surface area contributed by atoms with Gasteiger partial charge in [-0.1, -0.05) is 6.42 Å². The molecule has 1 aromatic heterocycles. The maximum atomic E-state index is 11.1. The predicted octanol–water partition coefficient (Wildman–Crippen LogP) is 1.82. The van der Waals surface area contributed by atoms with Gasteiger partial charge >= 0.3 is 5.97 Å².